The molecule has 0 aromatic carbocycles. The Kier molecular flexibility index (Phi) is 1.84. The fraction of sp³-hybridized carbons (Fsp3) is 0. The molecule has 16 heavy (non-hydrogen) atoms. The van der Waals surface area contributed by atoms with E-state index < -0.39 is 5.97 Å². The van der Waals surface area contributed by atoms with Gasteiger partial charge in [-0.05, 0) is 18.2 Å². The van der Waals surface area contributed by atoms with Crippen LogP contribution in [0.25, 0.3) is 20.4 Å². The van der Waals surface area contributed by atoms with E-state index in [4.69, 9.17) is 5.11 Å². The fourth-order valence-electron chi connectivity index (χ4n) is 1.50. The van der Waals surface area contributed by atoms with E-state index in [1.165, 1.54) is 17.4 Å². The monoisotopic (exact) mass is 231 g/mol. The van der Waals surface area contributed by atoms with Gasteiger partial charge in [-0.1, -0.05) is 0 Å². The van der Waals surface area contributed by atoms with Crippen molar-refractivity contribution in [2.75, 3.05) is 0 Å². The van der Waals surface area contributed by atoms with E-state index in [1.807, 2.05) is 12.1 Å². The number of thiophene rings is 1. The van der Waals surface area contributed by atoms with Crippen molar-refractivity contribution in [3.63, 3.8) is 0 Å². The van der Waals surface area contributed by atoms with Crippen LogP contribution in [0.15, 0.2) is 24.4 Å². The number of nitrogens with zero attached hydrogens (tertiary/aromatic N) is 3. The summed E-state index contributed by atoms with van der Waals surface area (Å²) in [6.45, 7) is 0. The number of hydrogen-bond donors (Lipinski definition) is 1. The van der Waals surface area contributed by atoms with Gasteiger partial charge in [-0.15, -0.1) is 21.5 Å². The Hall–Kier alpha value is -2.08. The van der Waals surface area contributed by atoms with Crippen LogP contribution in [-0.4, -0.2) is 26.3 Å². The van der Waals surface area contributed by atoms with Gasteiger partial charge >= 0.3 is 5.97 Å². The Morgan fingerprint density at radius 3 is 3.06 bits per heavy atom. The summed E-state index contributed by atoms with van der Waals surface area (Å²) in [5.41, 5.74) is 0.664. The molecule has 0 aliphatic heterocycles. The number of pyridine rings is 1. The van der Waals surface area contributed by atoms with Crippen molar-refractivity contribution in [1.82, 2.24) is 15.2 Å². The van der Waals surface area contributed by atoms with E-state index in [9.17, 15) is 4.79 Å². The van der Waals surface area contributed by atoms with Crippen LogP contribution in [0.4, 0.5) is 0 Å². The Balaban J connectivity index is 2.41. The van der Waals surface area contributed by atoms with Gasteiger partial charge < -0.3 is 5.11 Å². The molecule has 0 aliphatic rings. The Morgan fingerprint density at radius 1 is 1.38 bits per heavy atom. The standard InChI is InChI=1S/C10H5N3O2S/c14-10(15)6-4-7-8(13-12-6)5-2-1-3-11-9(5)16-7/h1-4H,(H,14,15). The van der Waals surface area contributed by atoms with Crippen LogP contribution in [0.3, 0.4) is 0 Å². The molecule has 0 unspecified atom stereocenters. The van der Waals surface area contributed by atoms with Crippen LogP contribution in [0, 0.1) is 0 Å². The topological polar surface area (TPSA) is 76.0 Å². The number of rotatable bonds is 1. The SMILES string of the molecule is O=C(O)c1cc2sc3ncccc3c2nn1. The van der Waals surface area contributed by atoms with Gasteiger partial charge in [0.15, 0.2) is 5.69 Å². The maximum atomic E-state index is 10.7. The summed E-state index contributed by atoms with van der Waals surface area (Å²) in [6, 6.07) is 5.24. The predicted molar refractivity (Wildman–Crippen MR) is 59.7 cm³/mol. The largest absolute Gasteiger partial charge is 0.476 e. The van der Waals surface area contributed by atoms with Crippen LogP contribution in [-0.2, 0) is 0 Å². The third kappa shape index (κ3) is 1.24. The predicted octanol–water partition coefficient (Wildman–Crippen LogP) is 1.94. The zero-order valence-electron chi connectivity index (χ0n) is 7.91. The van der Waals surface area contributed by atoms with Crippen LogP contribution in [0.1, 0.15) is 10.5 Å². The van der Waals surface area contributed by atoms with Gasteiger partial charge in [-0.2, -0.15) is 0 Å². The molecule has 6 heteroatoms. The minimum absolute atomic E-state index is 0.0425. The van der Waals surface area contributed by atoms with Gasteiger partial charge in [0.1, 0.15) is 10.3 Å². The van der Waals surface area contributed by atoms with E-state index in [2.05, 4.69) is 15.2 Å². The molecule has 5 nitrogen and oxygen atoms in total. The highest BCUT2D eigenvalue weighted by molar-refractivity contribution is 7.25. The molecular formula is C10H5N3O2S. The van der Waals surface area contributed by atoms with Gasteiger partial charge in [0, 0.05) is 11.6 Å². The molecule has 0 saturated carbocycles. The highest BCUT2D eigenvalue weighted by Gasteiger charge is 2.11. The number of carboxylic acids is 1. The Bertz CT molecular complexity index is 707. The number of hydrogen-bond acceptors (Lipinski definition) is 5. The molecule has 0 bridgehead atoms. The first kappa shape index (κ1) is 9.17. The van der Waals surface area contributed by atoms with Crippen molar-refractivity contribution in [1.29, 1.82) is 0 Å². The average molecular weight is 231 g/mol. The second kappa shape index (κ2) is 3.21. The van der Waals surface area contributed by atoms with E-state index >= 15 is 0 Å². The van der Waals surface area contributed by atoms with Gasteiger partial charge in [-0.25, -0.2) is 9.78 Å². The number of carboxylic acid groups (broad SMARTS) is 1. The molecule has 0 fully saturated rings. The average Bonchev–Trinajstić information content (AvgIpc) is 2.66. The molecule has 0 saturated heterocycles. The summed E-state index contributed by atoms with van der Waals surface area (Å²) in [5, 5.41) is 17.3. The van der Waals surface area contributed by atoms with Crippen molar-refractivity contribution in [2.45, 2.75) is 0 Å². The lowest BCUT2D eigenvalue weighted by Gasteiger charge is -1.91. The van der Waals surface area contributed by atoms with Crippen molar-refractivity contribution < 1.29 is 9.90 Å². The third-order valence-corrected chi connectivity index (χ3v) is 3.26. The second-order valence-electron chi connectivity index (χ2n) is 3.21. The number of aromatic nitrogens is 3. The molecule has 0 radical (unpaired) electrons. The molecule has 0 amide bonds. The quantitative estimate of drug-likeness (QED) is 0.692. The first-order chi connectivity index (χ1) is 7.75. The van der Waals surface area contributed by atoms with Crippen molar-refractivity contribution >= 4 is 37.7 Å². The van der Waals surface area contributed by atoms with Gasteiger partial charge in [0.25, 0.3) is 0 Å². The maximum Gasteiger partial charge on any atom is 0.356 e. The zero-order valence-corrected chi connectivity index (χ0v) is 8.73. The van der Waals surface area contributed by atoms with Crippen LogP contribution in [0.2, 0.25) is 0 Å². The lowest BCUT2D eigenvalue weighted by Crippen LogP contribution is -2.00. The fourth-order valence-corrected chi connectivity index (χ4v) is 2.51. The number of carbonyl (C=O) groups is 1. The molecule has 78 valence electrons. The van der Waals surface area contributed by atoms with Gasteiger partial charge in [0.05, 0.1) is 4.70 Å². The first-order valence-corrected chi connectivity index (χ1v) is 5.31. The van der Waals surface area contributed by atoms with Gasteiger partial charge in [-0.3, -0.25) is 0 Å². The highest BCUT2D eigenvalue weighted by Crippen LogP contribution is 2.30. The Morgan fingerprint density at radius 2 is 2.25 bits per heavy atom. The summed E-state index contributed by atoms with van der Waals surface area (Å²) in [7, 11) is 0. The normalized spacial score (nSPS) is 11.0. The maximum absolute atomic E-state index is 10.7. The molecule has 0 atom stereocenters. The van der Waals surface area contributed by atoms with Crippen molar-refractivity contribution in [3.8, 4) is 0 Å². The van der Waals surface area contributed by atoms with Gasteiger partial charge in [0.2, 0.25) is 0 Å². The molecule has 3 rings (SSSR count). The second-order valence-corrected chi connectivity index (χ2v) is 4.24. The van der Waals surface area contributed by atoms with Crippen molar-refractivity contribution in [3.05, 3.63) is 30.1 Å². The van der Waals surface area contributed by atoms with Crippen molar-refractivity contribution in [2.24, 2.45) is 0 Å². The molecular weight excluding hydrogens is 226 g/mol. The first-order valence-electron chi connectivity index (χ1n) is 4.50. The van der Waals surface area contributed by atoms with E-state index in [0.717, 1.165) is 14.9 Å². The van der Waals surface area contributed by atoms with E-state index in [0.29, 0.717) is 5.52 Å². The molecule has 3 aromatic heterocycles. The zero-order chi connectivity index (χ0) is 11.1. The lowest BCUT2D eigenvalue weighted by molar-refractivity contribution is 0.0689. The third-order valence-electron chi connectivity index (χ3n) is 2.21. The summed E-state index contributed by atoms with van der Waals surface area (Å²) in [6.07, 6.45) is 1.70. The number of fused-ring (bicyclic) bond motifs is 3. The van der Waals surface area contributed by atoms with Crippen LogP contribution < -0.4 is 0 Å². The Labute approximate surface area is 93.4 Å². The summed E-state index contributed by atoms with van der Waals surface area (Å²) >= 11 is 1.42. The summed E-state index contributed by atoms with van der Waals surface area (Å²) in [5.74, 6) is -1.07. The van der Waals surface area contributed by atoms with Crippen LogP contribution >= 0.6 is 11.3 Å². The highest BCUT2D eigenvalue weighted by atomic mass is 32.1. The number of aromatic carboxylic acids is 1. The van der Waals surface area contributed by atoms with E-state index in [-0.39, 0.29) is 5.69 Å². The van der Waals surface area contributed by atoms with Crippen LogP contribution in [0.5, 0.6) is 0 Å². The molecule has 0 aliphatic carbocycles. The molecule has 0 spiro atoms. The minimum Gasteiger partial charge on any atom is -0.476 e. The van der Waals surface area contributed by atoms with E-state index in [1.54, 1.807) is 6.20 Å². The molecule has 1 N–H and O–H groups in total. The summed E-state index contributed by atoms with van der Waals surface area (Å²) < 4.78 is 0.793. The summed E-state index contributed by atoms with van der Waals surface area (Å²) in [4.78, 5) is 15.8. The lowest BCUT2D eigenvalue weighted by atomic mass is 10.3. The molecule has 3 aromatic rings. The molecule has 3 heterocycles. The smallest absolute Gasteiger partial charge is 0.356 e. The minimum atomic E-state index is -1.07.